The molecule has 2 heterocycles. The molecular weight excluding hydrogens is 297 g/mol. The van der Waals surface area contributed by atoms with E-state index in [1.807, 2.05) is 31.3 Å². The molecule has 0 atom stereocenters. The molecule has 0 saturated heterocycles. The third-order valence-electron chi connectivity index (χ3n) is 2.94. The fourth-order valence-electron chi connectivity index (χ4n) is 1.92. The van der Waals surface area contributed by atoms with Gasteiger partial charge in [-0.2, -0.15) is 15.1 Å². The largest absolute Gasteiger partial charge is 0.365 e. The van der Waals surface area contributed by atoms with Crippen molar-refractivity contribution in [1.29, 1.82) is 0 Å². The van der Waals surface area contributed by atoms with E-state index in [0.717, 1.165) is 10.9 Å². The monoisotopic (exact) mass is 307 g/mol. The first kappa shape index (κ1) is 13.1. The van der Waals surface area contributed by atoms with E-state index in [1.54, 1.807) is 10.9 Å². The maximum Gasteiger partial charge on any atom is 0.226 e. The predicted molar refractivity (Wildman–Crippen MR) is 80.1 cm³/mol. The molecule has 0 saturated carbocycles. The van der Waals surface area contributed by atoms with Crippen LogP contribution in [0.25, 0.3) is 11.0 Å². The quantitative estimate of drug-likeness (QED) is 0.754. The highest BCUT2D eigenvalue weighted by Crippen LogP contribution is 2.22. The molecule has 0 amide bonds. The SMILES string of the molecule is Cn1ncc2c(NCc3ccc(Cl)cc3)nc(Cl)nc21. The van der Waals surface area contributed by atoms with Crippen molar-refractivity contribution in [3.8, 4) is 0 Å². The van der Waals surface area contributed by atoms with Crippen LogP contribution in [-0.2, 0) is 13.6 Å². The van der Waals surface area contributed by atoms with Gasteiger partial charge in [0.25, 0.3) is 0 Å². The molecular formula is C13H11Cl2N5. The second-order valence-electron chi connectivity index (χ2n) is 4.33. The van der Waals surface area contributed by atoms with Gasteiger partial charge in [-0.15, -0.1) is 0 Å². The molecule has 3 rings (SSSR count). The van der Waals surface area contributed by atoms with Crippen molar-refractivity contribution in [2.75, 3.05) is 5.32 Å². The lowest BCUT2D eigenvalue weighted by atomic mass is 10.2. The average molecular weight is 308 g/mol. The molecule has 0 bridgehead atoms. The van der Waals surface area contributed by atoms with Crippen LogP contribution in [0.4, 0.5) is 5.82 Å². The lowest BCUT2D eigenvalue weighted by Crippen LogP contribution is -2.03. The van der Waals surface area contributed by atoms with E-state index >= 15 is 0 Å². The summed E-state index contributed by atoms with van der Waals surface area (Å²) < 4.78 is 1.66. The summed E-state index contributed by atoms with van der Waals surface area (Å²) in [5.74, 6) is 0.669. The molecule has 1 N–H and O–H groups in total. The van der Waals surface area contributed by atoms with Gasteiger partial charge in [-0.05, 0) is 29.3 Å². The van der Waals surface area contributed by atoms with Crippen LogP contribution in [0.1, 0.15) is 5.56 Å². The third-order valence-corrected chi connectivity index (χ3v) is 3.36. The zero-order chi connectivity index (χ0) is 14.1. The fourth-order valence-corrected chi connectivity index (χ4v) is 2.21. The van der Waals surface area contributed by atoms with E-state index in [2.05, 4.69) is 20.4 Å². The second kappa shape index (κ2) is 5.26. The minimum absolute atomic E-state index is 0.194. The van der Waals surface area contributed by atoms with Gasteiger partial charge in [-0.3, -0.25) is 4.68 Å². The summed E-state index contributed by atoms with van der Waals surface area (Å²) in [6, 6.07) is 7.62. The van der Waals surface area contributed by atoms with Crippen molar-refractivity contribution < 1.29 is 0 Å². The molecule has 20 heavy (non-hydrogen) atoms. The number of nitrogens with one attached hydrogen (secondary N) is 1. The third kappa shape index (κ3) is 2.55. The predicted octanol–water partition coefficient (Wildman–Crippen LogP) is 3.28. The van der Waals surface area contributed by atoms with Crippen LogP contribution in [0.15, 0.2) is 30.5 Å². The first-order valence-corrected chi connectivity index (χ1v) is 6.72. The summed E-state index contributed by atoms with van der Waals surface area (Å²) in [4.78, 5) is 8.37. The van der Waals surface area contributed by atoms with Crippen molar-refractivity contribution in [1.82, 2.24) is 19.7 Å². The molecule has 7 heteroatoms. The Hall–Kier alpha value is -1.85. The van der Waals surface area contributed by atoms with Crippen molar-refractivity contribution in [2.45, 2.75) is 6.54 Å². The summed E-state index contributed by atoms with van der Waals surface area (Å²) in [6.45, 7) is 0.620. The Morgan fingerprint density at radius 2 is 1.90 bits per heavy atom. The summed E-state index contributed by atoms with van der Waals surface area (Å²) in [6.07, 6.45) is 1.72. The highest BCUT2D eigenvalue weighted by atomic mass is 35.5. The zero-order valence-corrected chi connectivity index (χ0v) is 12.2. The number of hydrogen-bond acceptors (Lipinski definition) is 4. The Morgan fingerprint density at radius 1 is 1.15 bits per heavy atom. The molecule has 0 fully saturated rings. The van der Waals surface area contributed by atoms with Gasteiger partial charge in [0.05, 0.1) is 11.6 Å². The lowest BCUT2D eigenvalue weighted by Gasteiger charge is -2.07. The number of rotatable bonds is 3. The molecule has 0 aliphatic carbocycles. The van der Waals surface area contributed by atoms with E-state index in [0.29, 0.717) is 23.0 Å². The molecule has 0 unspecified atom stereocenters. The standard InChI is InChI=1S/C13H11Cl2N5/c1-20-12-10(7-17-20)11(18-13(15)19-12)16-6-8-2-4-9(14)5-3-8/h2-5,7H,6H2,1H3,(H,16,18,19). The number of aryl methyl sites for hydroxylation is 1. The molecule has 5 nitrogen and oxygen atoms in total. The summed E-state index contributed by atoms with van der Waals surface area (Å²) in [5.41, 5.74) is 1.80. The van der Waals surface area contributed by atoms with E-state index in [9.17, 15) is 0 Å². The minimum Gasteiger partial charge on any atom is -0.365 e. The van der Waals surface area contributed by atoms with E-state index in [1.165, 1.54) is 0 Å². The zero-order valence-electron chi connectivity index (χ0n) is 10.6. The van der Waals surface area contributed by atoms with Gasteiger partial charge < -0.3 is 5.32 Å². The second-order valence-corrected chi connectivity index (χ2v) is 5.10. The van der Waals surface area contributed by atoms with Gasteiger partial charge in [0, 0.05) is 18.6 Å². The average Bonchev–Trinajstić information content (AvgIpc) is 2.80. The highest BCUT2D eigenvalue weighted by molar-refractivity contribution is 6.30. The summed E-state index contributed by atoms with van der Waals surface area (Å²) in [5, 5.41) is 9.16. The number of aromatic nitrogens is 4. The van der Waals surface area contributed by atoms with E-state index in [4.69, 9.17) is 23.2 Å². The first-order chi connectivity index (χ1) is 9.63. The molecule has 3 aromatic rings. The number of nitrogens with zero attached hydrogens (tertiary/aromatic N) is 4. The molecule has 0 spiro atoms. The van der Waals surface area contributed by atoms with Crippen molar-refractivity contribution >= 4 is 40.1 Å². The highest BCUT2D eigenvalue weighted by Gasteiger charge is 2.10. The van der Waals surface area contributed by atoms with Gasteiger partial charge >= 0.3 is 0 Å². The smallest absolute Gasteiger partial charge is 0.226 e. The van der Waals surface area contributed by atoms with E-state index < -0.39 is 0 Å². The topological polar surface area (TPSA) is 55.6 Å². The van der Waals surface area contributed by atoms with Crippen LogP contribution in [-0.4, -0.2) is 19.7 Å². The van der Waals surface area contributed by atoms with Crippen LogP contribution < -0.4 is 5.32 Å². The van der Waals surface area contributed by atoms with Gasteiger partial charge in [0.2, 0.25) is 5.28 Å². The number of fused-ring (bicyclic) bond motifs is 1. The van der Waals surface area contributed by atoms with Crippen LogP contribution in [0.5, 0.6) is 0 Å². The van der Waals surface area contributed by atoms with Crippen molar-refractivity contribution in [3.05, 3.63) is 46.3 Å². The van der Waals surface area contributed by atoms with Gasteiger partial charge in [-0.1, -0.05) is 23.7 Å². The lowest BCUT2D eigenvalue weighted by molar-refractivity contribution is 0.785. The molecule has 0 aliphatic heterocycles. The molecule has 1 aromatic carbocycles. The Kier molecular flexibility index (Phi) is 3.46. The van der Waals surface area contributed by atoms with Gasteiger partial charge in [0.1, 0.15) is 5.82 Å². The van der Waals surface area contributed by atoms with Gasteiger partial charge in [-0.25, -0.2) is 0 Å². The maximum atomic E-state index is 5.93. The Bertz CT molecular complexity index is 751. The fraction of sp³-hybridized carbons (Fsp3) is 0.154. The Balaban J connectivity index is 1.89. The van der Waals surface area contributed by atoms with Crippen LogP contribution >= 0.6 is 23.2 Å². The molecule has 0 radical (unpaired) electrons. The van der Waals surface area contributed by atoms with E-state index in [-0.39, 0.29) is 5.28 Å². The summed E-state index contributed by atoms with van der Waals surface area (Å²) in [7, 11) is 1.81. The maximum absolute atomic E-state index is 5.93. The number of benzene rings is 1. The van der Waals surface area contributed by atoms with Crippen LogP contribution in [0, 0.1) is 0 Å². The molecule has 0 aliphatic rings. The van der Waals surface area contributed by atoms with Crippen molar-refractivity contribution in [2.24, 2.45) is 7.05 Å². The normalized spacial score (nSPS) is 10.9. The molecule has 102 valence electrons. The van der Waals surface area contributed by atoms with Gasteiger partial charge in [0.15, 0.2) is 5.65 Å². The first-order valence-electron chi connectivity index (χ1n) is 5.97. The van der Waals surface area contributed by atoms with Crippen LogP contribution in [0.3, 0.4) is 0 Å². The Morgan fingerprint density at radius 3 is 2.65 bits per heavy atom. The number of anilines is 1. The number of hydrogen-bond donors (Lipinski definition) is 1. The minimum atomic E-state index is 0.194. The molecule has 2 aromatic heterocycles. The van der Waals surface area contributed by atoms with Crippen molar-refractivity contribution in [3.63, 3.8) is 0 Å². The summed E-state index contributed by atoms with van der Waals surface area (Å²) >= 11 is 11.8. The number of halogens is 2. The Labute approximate surface area is 125 Å². The van der Waals surface area contributed by atoms with Crippen LogP contribution in [0.2, 0.25) is 10.3 Å².